The Morgan fingerprint density at radius 3 is 2.94 bits per heavy atom. The fourth-order valence-electron chi connectivity index (χ4n) is 1.39. The Bertz CT molecular complexity index is 437. The summed E-state index contributed by atoms with van der Waals surface area (Å²) in [4.78, 5) is 17.6. The lowest BCUT2D eigenvalue weighted by atomic mass is 10.2. The molecule has 0 amide bonds. The molecule has 0 saturated carbocycles. The van der Waals surface area contributed by atoms with Gasteiger partial charge in [-0.05, 0) is 19.1 Å². The predicted octanol–water partition coefficient (Wildman–Crippen LogP) is 1.11. The molecule has 0 bridgehead atoms. The molecule has 0 aliphatic heterocycles. The number of aromatic nitrogens is 1. The minimum atomic E-state index is -0.213. The first-order valence-corrected chi connectivity index (χ1v) is 6.08. The molecule has 1 aromatic rings. The molecule has 0 unspecified atom stereocenters. The van der Waals surface area contributed by atoms with Crippen LogP contribution in [0.2, 0.25) is 0 Å². The van der Waals surface area contributed by atoms with E-state index in [2.05, 4.69) is 4.98 Å². The van der Waals surface area contributed by atoms with Gasteiger partial charge in [-0.25, -0.2) is 4.98 Å². The summed E-state index contributed by atoms with van der Waals surface area (Å²) in [5.41, 5.74) is 6.32. The average Bonchev–Trinajstić information content (AvgIpc) is 2.36. The van der Waals surface area contributed by atoms with Crippen LogP contribution in [0.15, 0.2) is 18.3 Å². The Kier molecular flexibility index (Phi) is 5.51. The SMILES string of the molecule is CCOC(=O)CCN(C)c1cc(C(N)=S)ccn1. The zero-order chi connectivity index (χ0) is 13.5. The van der Waals surface area contributed by atoms with Gasteiger partial charge in [-0.1, -0.05) is 12.2 Å². The highest BCUT2D eigenvalue weighted by molar-refractivity contribution is 7.80. The number of pyridine rings is 1. The highest BCUT2D eigenvalue weighted by atomic mass is 32.1. The molecular weight excluding hydrogens is 250 g/mol. The number of nitrogens with zero attached hydrogens (tertiary/aromatic N) is 2. The van der Waals surface area contributed by atoms with Crippen molar-refractivity contribution < 1.29 is 9.53 Å². The summed E-state index contributed by atoms with van der Waals surface area (Å²) in [5, 5.41) is 0. The lowest BCUT2D eigenvalue weighted by Crippen LogP contribution is -2.23. The van der Waals surface area contributed by atoms with E-state index < -0.39 is 0 Å². The van der Waals surface area contributed by atoms with Crippen LogP contribution in [-0.4, -0.2) is 36.1 Å². The second kappa shape index (κ2) is 6.90. The molecule has 0 fully saturated rings. The van der Waals surface area contributed by atoms with E-state index >= 15 is 0 Å². The maximum atomic E-state index is 11.2. The van der Waals surface area contributed by atoms with Crippen LogP contribution in [0.5, 0.6) is 0 Å². The van der Waals surface area contributed by atoms with Gasteiger partial charge < -0.3 is 15.4 Å². The smallest absolute Gasteiger partial charge is 0.307 e. The molecule has 0 aliphatic carbocycles. The monoisotopic (exact) mass is 267 g/mol. The first-order chi connectivity index (χ1) is 8.54. The van der Waals surface area contributed by atoms with E-state index in [0.29, 0.717) is 24.6 Å². The summed E-state index contributed by atoms with van der Waals surface area (Å²) in [6.45, 7) is 2.72. The molecule has 2 N–H and O–H groups in total. The normalized spacial score (nSPS) is 9.89. The quantitative estimate of drug-likeness (QED) is 0.615. The molecule has 98 valence electrons. The maximum Gasteiger partial charge on any atom is 0.307 e. The highest BCUT2D eigenvalue weighted by Gasteiger charge is 2.08. The average molecular weight is 267 g/mol. The number of hydrogen-bond donors (Lipinski definition) is 1. The number of anilines is 1. The van der Waals surface area contributed by atoms with Crippen molar-refractivity contribution in [1.82, 2.24) is 4.98 Å². The van der Waals surface area contributed by atoms with Gasteiger partial charge in [0.1, 0.15) is 10.8 Å². The van der Waals surface area contributed by atoms with Crippen molar-refractivity contribution in [3.05, 3.63) is 23.9 Å². The standard InChI is InChI=1S/C12H17N3O2S/c1-3-17-11(16)5-7-15(2)10-8-9(12(13)18)4-6-14-10/h4,6,8H,3,5,7H2,1-2H3,(H2,13,18). The molecule has 0 aliphatic rings. The minimum Gasteiger partial charge on any atom is -0.466 e. The van der Waals surface area contributed by atoms with Crippen molar-refractivity contribution in [1.29, 1.82) is 0 Å². The van der Waals surface area contributed by atoms with Crippen LogP contribution in [0.1, 0.15) is 18.9 Å². The third-order valence-electron chi connectivity index (χ3n) is 2.38. The van der Waals surface area contributed by atoms with E-state index in [-0.39, 0.29) is 5.97 Å². The van der Waals surface area contributed by atoms with Crippen molar-refractivity contribution in [2.75, 3.05) is 25.1 Å². The van der Waals surface area contributed by atoms with Crippen molar-refractivity contribution in [3.8, 4) is 0 Å². The van der Waals surface area contributed by atoms with E-state index in [1.807, 2.05) is 11.9 Å². The molecule has 1 rings (SSSR count). The molecule has 0 saturated heterocycles. The molecule has 18 heavy (non-hydrogen) atoms. The Morgan fingerprint density at radius 1 is 1.61 bits per heavy atom. The van der Waals surface area contributed by atoms with Crippen molar-refractivity contribution in [2.45, 2.75) is 13.3 Å². The number of nitrogens with two attached hydrogens (primary N) is 1. The third-order valence-corrected chi connectivity index (χ3v) is 2.61. The largest absolute Gasteiger partial charge is 0.466 e. The van der Waals surface area contributed by atoms with Crippen LogP contribution in [0.25, 0.3) is 0 Å². The van der Waals surface area contributed by atoms with Crippen molar-refractivity contribution >= 4 is 29.0 Å². The van der Waals surface area contributed by atoms with E-state index in [4.69, 9.17) is 22.7 Å². The van der Waals surface area contributed by atoms with E-state index in [0.717, 1.165) is 11.4 Å². The van der Waals surface area contributed by atoms with E-state index in [9.17, 15) is 4.79 Å². The number of carbonyl (C=O) groups excluding carboxylic acids is 1. The van der Waals surface area contributed by atoms with Gasteiger partial charge in [0.25, 0.3) is 0 Å². The zero-order valence-corrected chi connectivity index (χ0v) is 11.4. The number of rotatable bonds is 6. The number of hydrogen-bond acceptors (Lipinski definition) is 5. The zero-order valence-electron chi connectivity index (χ0n) is 10.5. The second-order valence-corrected chi connectivity index (χ2v) is 4.18. The van der Waals surface area contributed by atoms with Gasteiger partial charge in [-0.15, -0.1) is 0 Å². The molecule has 6 heteroatoms. The summed E-state index contributed by atoms with van der Waals surface area (Å²) in [7, 11) is 1.85. The molecule has 0 radical (unpaired) electrons. The lowest BCUT2D eigenvalue weighted by Gasteiger charge is -2.18. The third kappa shape index (κ3) is 4.29. The fraction of sp³-hybridized carbons (Fsp3) is 0.417. The Balaban J connectivity index is 2.61. The predicted molar refractivity (Wildman–Crippen MR) is 74.6 cm³/mol. The van der Waals surface area contributed by atoms with Gasteiger partial charge in [0.2, 0.25) is 0 Å². The first kappa shape index (κ1) is 14.4. The van der Waals surface area contributed by atoms with Crippen molar-refractivity contribution in [3.63, 3.8) is 0 Å². The second-order valence-electron chi connectivity index (χ2n) is 3.74. The van der Waals surface area contributed by atoms with E-state index in [1.165, 1.54) is 0 Å². The van der Waals surface area contributed by atoms with Gasteiger partial charge in [0, 0.05) is 25.4 Å². The van der Waals surface area contributed by atoms with Gasteiger partial charge in [-0.2, -0.15) is 0 Å². The van der Waals surface area contributed by atoms with Crippen molar-refractivity contribution in [2.24, 2.45) is 5.73 Å². The summed E-state index contributed by atoms with van der Waals surface area (Å²) in [6, 6.07) is 3.55. The number of carbonyl (C=O) groups is 1. The summed E-state index contributed by atoms with van der Waals surface area (Å²) < 4.78 is 4.86. The molecule has 5 nitrogen and oxygen atoms in total. The number of esters is 1. The first-order valence-electron chi connectivity index (χ1n) is 5.67. The number of ether oxygens (including phenoxy) is 1. The molecule has 1 heterocycles. The summed E-state index contributed by atoms with van der Waals surface area (Å²) in [5.74, 6) is 0.513. The van der Waals surface area contributed by atoms with Crippen LogP contribution >= 0.6 is 12.2 Å². The van der Waals surface area contributed by atoms with Gasteiger partial charge in [0.05, 0.1) is 13.0 Å². The fourth-order valence-corrected chi connectivity index (χ4v) is 1.51. The minimum absolute atomic E-state index is 0.213. The topological polar surface area (TPSA) is 68.5 Å². The molecule has 0 atom stereocenters. The molecule has 1 aromatic heterocycles. The molecule has 0 aromatic carbocycles. The Morgan fingerprint density at radius 2 is 2.33 bits per heavy atom. The molecular formula is C12H17N3O2S. The van der Waals surface area contributed by atoms with Gasteiger partial charge in [-0.3, -0.25) is 4.79 Å². The van der Waals surface area contributed by atoms with Crippen LogP contribution in [0.3, 0.4) is 0 Å². The highest BCUT2D eigenvalue weighted by Crippen LogP contribution is 2.11. The summed E-state index contributed by atoms with van der Waals surface area (Å²) >= 11 is 4.91. The van der Waals surface area contributed by atoms with Crippen LogP contribution < -0.4 is 10.6 Å². The van der Waals surface area contributed by atoms with Gasteiger partial charge >= 0.3 is 5.97 Å². The lowest BCUT2D eigenvalue weighted by molar-refractivity contribution is -0.142. The maximum absolute atomic E-state index is 11.2. The Hall–Kier alpha value is -1.69. The van der Waals surface area contributed by atoms with Crippen LogP contribution in [0, 0.1) is 0 Å². The Labute approximate surface area is 112 Å². The van der Waals surface area contributed by atoms with Gasteiger partial charge in [0.15, 0.2) is 0 Å². The van der Waals surface area contributed by atoms with Crippen LogP contribution in [-0.2, 0) is 9.53 Å². The summed E-state index contributed by atoms with van der Waals surface area (Å²) in [6.07, 6.45) is 1.97. The molecule has 0 spiro atoms. The van der Waals surface area contributed by atoms with Crippen LogP contribution in [0.4, 0.5) is 5.82 Å². The van der Waals surface area contributed by atoms with E-state index in [1.54, 1.807) is 25.3 Å². The number of thiocarbonyl (C=S) groups is 1.